The molecule has 2 aliphatic heterocycles. The summed E-state index contributed by atoms with van der Waals surface area (Å²) in [6.07, 6.45) is 15.9. The zero-order chi connectivity index (χ0) is 24.7. The molecule has 4 rings (SSSR count). The van der Waals surface area contributed by atoms with Gasteiger partial charge in [-0.2, -0.15) is 0 Å². The molecule has 0 amide bonds. The van der Waals surface area contributed by atoms with Crippen LogP contribution in [0.1, 0.15) is 96.1 Å². The third-order valence-corrected chi connectivity index (χ3v) is 7.33. The van der Waals surface area contributed by atoms with Gasteiger partial charge in [-0.1, -0.05) is 39.0 Å². The van der Waals surface area contributed by atoms with E-state index in [1.165, 1.54) is 50.5 Å². The number of halogens is 1. The Labute approximate surface area is 223 Å². The first-order valence-corrected chi connectivity index (χ1v) is 13.7. The van der Waals surface area contributed by atoms with Crippen LogP contribution in [0.25, 0.3) is 11.1 Å². The highest BCUT2D eigenvalue weighted by atomic mass is 35.5. The molecule has 198 valence electrons. The summed E-state index contributed by atoms with van der Waals surface area (Å²) in [7, 11) is 0. The van der Waals surface area contributed by atoms with E-state index in [0.29, 0.717) is 12.2 Å². The lowest BCUT2D eigenvalue weighted by Gasteiger charge is -2.35. The Balaban J connectivity index is 0.00000361. The summed E-state index contributed by atoms with van der Waals surface area (Å²) in [5.41, 5.74) is 3.60. The number of pyridine rings is 1. The van der Waals surface area contributed by atoms with E-state index in [2.05, 4.69) is 42.8 Å². The summed E-state index contributed by atoms with van der Waals surface area (Å²) in [6.45, 7) is 9.67. The minimum Gasteiger partial charge on any atom is -0.482 e. The van der Waals surface area contributed by atoms with Crippen LogP contribution in [0.5, 0.6) is 11.5 Å². The lowest BCUT2D eigenvalue weighted by molar-refractivity contribution is -0.134. The van der Waals surface area contributed by atoms with Crippen LogP contribution in [-0.4, -0.2) is 35.5 Å². The van der Waals surface area contributed by atoms with E-state index in [1.54, 1.807) is 6.20 Å². The Morgan fingerprint density at radius 2 is 1.86 bits per heavy atom. The largest absolute Gasteiger partial charge is 0.482 e. The van der Waals surface area contributed by atoms with E-state index in [4.69, 9.17) is 9.47 Å². The number of likely N-dealkylation sites (tertiary alicyclic amines) is 1. The van der Waals surface area contributed by atoms with E-state index < -0.39 is 5.60 Å². The topological polar surface area (TPSA) is 51.7 Å². The van der Waals surface area contributed by atoms with Gasteiger partial charge in [0.05, 0.1) is 5.56 Å². The summed E-state index contributed by atoms with van der Waals surface area (Å²) in [6, 6.07) is 6.20. The van der Waals surface area contributed by atoms with Crippen LogP contribution in [0.4, 0.5) is 0 Å². The van der Waals surface area contributed by atoms with Crippen molar-refractivity contribution in [3.63, 3.8) is 0 Å². The van der Waals surface area contributed by atoms with Gasteiger partial charge in [-0.25, -0.2) is 0 Å². The van der Waals surface area contributed by atoms with Crippen molar-refractivity contribution >= 4 is 18.4 Å². The molecule has 0 atom stereocenters. The zero-order valence-corrected chi connectivity index (χ0v) is 23.1. The van der Waals surface area contributed by atoms with Gasteiger partial charge in [0.2, 0.25) is 0 Å². The molecule has 0 saturated carbocycles. The number of nitrogens with zero attached hydrogens (tertiary/aromatic N) is 2. The van der Waals surface area contributed by atoms with Gasteiger partial charge in [0.15, 0.2) is 0 Å². The first-order valence-electron chi connectivity index (χ1n) is 13.7. The minimum atomic E-state index is -0.471. The molecule has 6 heteroatoms. The Kier molecular flexibility index (Phi) is 10.6. The number of fused-ring (bicyclic) bond motifs is 3. The highest BCUT2D eigenvalue weighted by molar-refractivity contribution is 5.85. The van der Waals surface area contributed by atoms with Crippen molar-refractivity contribution in [2.75, 3.05) is 19.6 Å². The van der Waals surface area contributed by atoms with Crippen LogP contribution >= 0.6 is 12.4 Å². The molecule has 2 aliphatic rings. The molecule has 0 radical (unpaired) electrons. The number of hydrogen-bond donors (Lipinski definition) is 0. The molecule has 1 saturated heterocycles. The summed E-state index contributed by atoms with van der Waals surface area (Å²) in [5.74, 6) is 1.23. The summed E-state index contributed by atoms with van der Waals surface area (Å²) in [5, 5.41) is 0. The van der Waals surface area contributed by atoms with E-state index >= 15 is 0 Å². The van der Waals surface area contributed by atoms with Gasteiger partial charge < -0.3 is 14.4 Å². The molecular formula is C30H43ClN2O3. The van der Waals surface area contributed by atoms with Gasteiger partial charge in [0.25, 0.3) is 0 Å². The van der Waals surface area contributed by atoms with Crippen molar-refractivity contribution in [3.05, 3.63) is 41.7 Å². The van der Waals surface area contributed by atoms with Crippen molar-refractivity contribution in [2.45, 2.75) is 97.0 Å². The third-order valence-electron chi connectivity index (χ3n) is 7.33. The molecule has 36 heavy (non-hydrogen) atoms. The first-order chi connectivity index (χ1) is 17.0. The average Bonchev–Trinajstić information content (AvgIpc) is 2.84. The predicted octanol–water partition coefficient (Wildman–Crippen LogP) is 7.48. The molecule has 3 heterocycles. The van der Waals surface area contributed by atoms with Gasteiger partial charge in [0, 0.05) is 29.9 Å². The van der Waals surface area contributed by atoms with Gasteiger partial charge in [-0.15, -0.1) is 12.4 Å². The smallest absolute Gasteiger partial charge is 0.311 e. The Morgan fingerprint density at radius 3 is 2.64 bits per heavy atom. The van der Waals surface area contributed by atoms with E-state index in [9.17, 15) is 4.79 Å². The number of carbonyl (C=O) groups is 1. The van der Waals surface area contributed by atoms with Gasteiger partial charge in [-0.05, 0) is 89.3 Å². The average molecular weight is 515 g/mol. The van der Waals surface area contributed by atoms with Crippen LogP contribution in [0, 0.1) is 0 Å². The number of aromatic nitrogens is 1. The summed E-state index contributed by atoms with van der Waals surface area (Å²) >= 11 is 0. The second-order valence-corrected chi connectivity index (χ2v) is 10.6. The van der Waals surface area contributed by atoms with Crippen LogP contribution in [0.2, 0.25) is 0 Å². The third kappa shape index (κ3) is 7.23. The maximum Gasteiger partial charge on any atom is 0.311 e. The fraction of sp³-hybridized carbons (Fsp3) is 0.600. The lowest BCUT2D eigenvalue weighted by Crippen LogP contribution is -2.31. The van der Waals surface area contributed by atoms with E-state index in [0.717, 1.165) is 61.3 Å². The van der Waals surface area contributed by atoms with Crippen molar-refractivity contribution < 1.29 is 14.3 Å². The highest BCUT2D eigenvalue weighted by Gasteiger charge is 2.35. The Hall–Kier alpha value is -2.11. The number of carbonyl (C=O) groups excluding carboxylic acids is 1. The molecule has 0 bridgehead atoms. The van der Waals surface area contributed by atoms with Crippen LogP contribution in [0.15, 0.2) is 30.6 Å². The van der Waals surface area contributed by atoms with E-state index in [-0.39, 0.29) is 18.4 Å². The van der Waals surface area contributed by atoms with Crippen molar-refractivity contribution in [1.29, 1.82) is 0 Å². The normalized spacial score (nSPS) is 16.3. The number of aryl methyl sites for hydroxylation is 1. The number of esters is 1. The van der Waals surface area contributed by atoms with E-state index in [1.807, 2.05) is 12.3 Å². The number of piperidine rings is 1. The van der Waals surface area contributed by atoms with Gasteiger partial charge in [-0.3, -0.25) is 9.78 Å². The fourth-order valence-electron chi connectivity index (χ4n) is 5.40. The fourth-order valence-corrected chi connectivity index (χ4v) is 5.40. The monoisotopic (exact) mass is 514 g/mol. The number of ether oxygens (including phenoxy) is 2. The van der Waals surface area contributed by atoms with Crippen LogP contribution < -0.4 is 9.47 Å². The van der Waals surface area contributed by atoms with Crippen molar-refractivity contribution in [3.8, 4) is 22.6 Å². The molecule has 1 aromatic heterocycles. The second-order valence-electron chi connectivity index (χ2n) is 10.6. The molecule has 1 aromatic carbocycles. The maximum absolute atomic E-state index is 12.9. The lowest BCUT2D eigenvalue weighted by atomic mass is 9.86. The zero-order valence-electron chi connectivity index (χ0n) is 22.3. The maximum atomic E-state index is 12.9. The molecule has 5 nitrogen and oxygen atoms in total. The standard InChI is InChI=1S/C30H42N2O3.ClH/c1-4-5-6-7-9-13-23-20-26(34-28(33)14-12-19-32-17-10-8-11-18-32)29-24-22-31-16-15-25(24)30(2,3)35-27(29)21-23;/h15-16,20-22H,4-14,17-19H2,1-3H3;1H. The molecule has 0 unspecified atom stereocenters. The predicted molar refractivity (Wildman–Crippen MR) is 148 cm³/mol. The number of unbranched alkanes of at least 4 members (excludes halogenated alkanes) is 4. The molecule has 2 aromatic rings. The Morgan fingerprint density at radius 1 is 1.08 bits per heavy atom. The number of benzene rings is 1. The molecule has 1 fully saturated rings. The van der Waals surface area contributed by atoms with Crippen molar-refractivity contribution in [1.82, 2.24) is 9.88 Å². The van der Waals surface area contributed by atoms with Crippen molar-refractivity contribution in [2.24, 2.45) is 0 Å². The quantitative estimate of drug-likeness (QED) is 0.177. The minimum absolute atomic E-state index is 0. The van der Waals surface area contributed by atoms with Gasteiger partial charge in [0.1, 0.15) is 17.1 Å². The molecule has 0 N–H and O–H groups in total. The molecule has 0 spiro atoms. The second kappa shape index (κ2) is 13.4. The summed E-state index contributed by atoms with van der Waals surface area (Å²) < 4.78 is 12.5. The van der Waals surface area contributed by atoms with Gasteiger partial charge >= 0.3 is 5.97 Å². The first kappa shape index (κ1) is 28.5. The SMILES string of the molecule is CCCCCCCc1cc(OC(=O)CCCN2CCCCC2)c2c(c1)OC(C)(C)c1ccncc1-2.Cl. The summed E-state index contributed by atoms with van der Waals surface area (Å²) in [4.78, 5) is 19.8. The number of hydrogen-bond acceptors (Lipinski definition) is 5. The Bertz CT molecular complexity index is 1000. The molecular weight excluding hydrogens is 472 g/mol. The van der Waals surface area contributed by atoms with Crippen LogP contribution in [-0.2, 0) is 16.8 Å². The van der Waals surface area contributed by atoms with Crippen LogP contribution in [0.3, 0.4) is 0 Å². The number of rotatable bonds is 11. The highest BCUT2D eigenvalue weighted by Crippen LogP contribution is 2.49. The molecule has 0 aliphatic carbocycles.